The van der Waals surface area contributed by atoms with Crippen molar-refractivity contribution in [3.8, 4) is 11.3 Å². The molecule has 0 saturated heterocycles. The number of benzene rings is 1. The Morgan fingerprint density at radius 1 is 1.17 bits per heavy atom. The third-order valence-corrected chi connectivity index (χ3v) is 4.33. The van der Waals surface area contributed by atoms with Gasteiger partial charge in [0.05, 0.1) is 12.6 Å². The first-order chi connectivity index (χ1) is 11.7. The molecule has 0 N–H and O–H groups in total. The molecular weight excluding hydrogens is 313 g/mol. The van der Waals surface area contributed by atoms with Crippen molar-refractivity contribution in [1.82, 2.24) is 24.9 Å². The molecule has 124 valence electrons. The van der Waals surface area contributed by atoms with Crippen LogP contribution in [-0.2, 0) is 6.54 Å². The summed E-state index contributed by atoms with van der Waals surface area (Å²) in [6.07, 6.45) is 4.18. The average molecular weight is 329 g/mol. The van der Waals surface area contributed by atoms with E-state index in [0.29, 0.717) is 11.5 Å². The molecule has 1 aliphatic carbocycles. The van der Waals surface area contributed by atoms with Crippen LogP contribution < -0.4 is 5.69 Å². The van der Waals surface area contributed by atoms with E-state index in [-0.39, 0.29) is 24.1 Å². The molecule has 0 atom stereocenters. The van der Waals surface area contributed by atoms with Gasteiger partial charge in [0.1, 0.15) is 11.5 Å². The molecule has 0 bridgehead atoms. The molecule has 0 radical (unpaired) electrons. The lowest BCUT2D eigenvalue weighted by Crippen LogP contribution is -2.28. The van der Waals surface area contributed by atoms with Gasteiger partial charge in [-0.05, 0) is 47.5 Å². The van der Waals surface area contributed by atoms with E-state index in [2.05, 4.69) is 15.6 Å². The van der Waals surface area contributed by atoms with Crippen molar-refractivity contribution in [1.29, 1.82) is 0 Å². The molecule has 0 aliphatic heterocycles. The van der Waals surface area contributed by atoms with Gasteiger partial charge in [-0.2, -0.15) is 9.36 Å². The van der Waals surface area contributed by atoms with Crippen LogP contribution in [0.3, 0.4) is 0 Å². The lowest BCUT2D eigenvalue weighted by Gasteiger charge is -2.04. The molecule has 2 heterocycles. The van der Waals surface area contributed by atoms with Gasteiger partial charge >= 0.3 is 5.69 Å². The summed E-state index contributed by atoms with van der Waals surface area (Å²) >= 11 is 0. The second-order valence-corrected chi connectivity index (χ2v) is 5.99. The normalized spacial score (nSPS) is 15.2. The zero-order valence-corrected chi connectivity index (χ0v) is 12.9. The fourth-order valence-electron chi connectivity index (χ4n) is 3.05. The fraction of sp³-hybridized carbons (Fsp3) is 0.375. The van der Waals surface area contributed by atoms with Crippen molar-refractivity contribution in [3.63, 3.8) is 0 Å². The van der Waals surface area contributed by atoms with Gasteiger partial charge in [-0.1, -0.05) is 18.0 Å². The minimum atomic E-state index is -0.312. The molecule has 0 unspecified atom stereocenters. The fourth-order valence-corrected chi connectivity index (χ4v) is 3.05. The third-order valence-electron chi connectivity index (χ3n) is 4.33. The third kappa shape index (κ3) is 2.75. The van der Waals surface area contributed by atoms with Crippen molar-refractivity contribution in [2.75, 3.05) is 0 Å². The summed E-state index contributed by atoms with van der Waals surface area (Å²) < 4.78 is 21.0. The minimum Gasteiger partial charge on any atom is -0.356 e. The van der Waals surface area contributed by atoms with Crippen LogP contribution in [0.1, 0.15) is 37.4 Å². The van der Waals surface area contributed by atoms with Gasteiger partial charge < -0.3 is 4.52 Å². The van der Waals surface area contributed by atoms with Crippen molar-refractivity contribution in [3.05, 3.63) is 52.3 Å². The van der Waals surface area contributed by atoms with Crippen LogP contribution in [0.2, 0.25) is 0 Å². The summed E-state index contributed by atoms with van der Waals surface area (Å²) in [7, 11) is 0. The molecule has 1 aromatic carbocycles. The molecule has 4 rings (SSSR count). The van der Waals surface area contributed by atoms with Crippen molar-refractivity contribution < 1.29 is 8.91 Å². The average Bonchev–Trinajstić information content (AvgIpc) is 3.31. The quantitative estimate of drug-likeness (QED) is 0.734. The van der Waals surface area contributed by atoms with Crippen LogP contribution >= 0.6 is 0 Å². The Kier molecular flexibility index (Phi) is 3.72. The Balaban J connectivity index is 1.54. The Hall–Kier alpha value is -2.77. The number of halogens is 1. The SMILES string of the molecule is O=c1n(Cc2cc(-c3ccc(F)cc3)on2)nnn1C1CCCC1. The van der Waals surface area contributed by atoms with E-state index < -0.39 is 0 Å². The highest BCUT2D eigenvalue weighted by atomic mass is 19.1. The molecule has 8 heteroatoms. The topological polar surface area (TPSA) is 78.7 Å². The number of tetrazole rings is 1. The molecule has 2 aromatic heterocycles. The van der Waals surface area contributed by atoms with Crippen LogP contribution in [0, 0.1) is 5.82 Å². The van der Waals surface area contributed by atoms with Gasteiger partial charge in [0.2, 0.25) is 0 Å². The molecule has 1 aliphatic rings. The van der Waals surface area contributed by atoms with Gasteiger partial charge in [-0.25, -0.2) is 9.18 Å². The Morgan fingerprint density at radius 3 is 2.67 bits per heavy atom. The standard InChI is InChI=1S/C16H16FN5O2/c17-12-7-5-11(6-8-12)15-9-13(18-24-15)10-21-16(23)22(20-19-21)14-3-1-2-4-14/h5-9,14H,1-4,10H2. The molecule has 0 amide bonds. The van der Waals surface area contributed by atoms with Gasteiger partial charge in [0.15, 0.2) is 5.76 Å². The predicted molar refractivity (Wildman–Crippen MR) is 82.8 cm³/mol. The van der Waals surface area contributed by atoms with Crippen LogP contribution in [-0.4, -0.2) is 24.9 Å². The van der Waals surface area contributed by atoms with Gasteiger partial charge in [0, 0.05) is 11.6 Å². The van der Waals surface area contributed by atoms with Crippen LogP contribution in [0.15, 0.2) is 39.6 Å². The van der Waals surface area contributed by atoms with E-state index >= 15 is 0 Å². The zero-order chi connectivity index (χ0) is 16.5. The van der Waals surface area contributed by atoms with E-state index in [0.717, 1.165) is 31.2 Å². The van der Waals surface area contributed by atoms with Gasteiger partial charge in [-0.15, -0.1) is 0 Å². The van der Waals surface area contributed by atoms with E-state index in [1.165, 1.54) is 21.5 Å². The van der Waals surface area contributed by atoms with E-state index in [1.54, 1.807) is 18.2 Å². The van der Waals surface area contributed by atoms with Crippen LogP contribution in [0.4, 0.5) is 4.39 Å². The van der Waals surface area contributed by atoms with E-state index in [9.17, 15) is 9.18 Å². The highest BCUT2D eigenvalue weighted by Gasteiger charge is 2.22. The first-order valence-corrected chi connectivity index (χ1v) is 7.94. The summed E-state index contributed by atoms with van der Waals surface area (Å²) in [5, 5.41) is 11.9. The zero-order valence-electron chi connectivity index (χ0n) is 12.9. The van der Waals surface area contributed by atoms with Crippen molar-refractivity contribution in [2.45, 2.75) is 38.3 Å². The molecule has 1 fully saturated rings. The molecule has 24 heavy (non-hydrogen) atoms. The molecule has 0 spiro atoms. The first kappa shape index (κ1) is 14.8. The Bertz CT molecular complexity index is 890. The summed E-state index contributed by atoms with van der Waals surface area (Å²) in [6, 6.07) is 7.81. The maximum Gasteiger partial charge on any atom is 0.364 e. The number of hydrogen-bond donors (Lipinski definition) is 0. The smallest absolute Gasteiger partial charge is 0.356 e. The van der Waals surface area contributed by atoms with Crippen LogP contribution in [0.25, 0.3) is 11.3 Å². The second kappa shape index (κ2) is 6.03. The maximum atomic E-state index is 13.0. The summed E-state index contributed by atoms with van der Waals surface area (Å²) in [6.45, 7) is 0.191. The first-order valence-electron chi connectivity index (χ1n) is 7.94. The van der Waals surface area contributed by atoms with Crippen molar-refractivity contribution >= 4 is 0 Å². The highest BCUT2D eigenvalue weighted by Crippen LogP contribution is 2.27. The minimum absolute atomic E-state index is 0.151. The highest BCUT2D eigenvalue weighted by molar-refractivity contribution is 5.57. The number of aromatic nitrogens is 5. The van der Waals surface area contributed by atoms with E-state index in [4.69, 9.17) is 4.52 Å². The summed E-state index contributed by atoms with van der Waals surface area (Å²) in [4.78, 5) is 12.4. The van der Waals surface area contributed by atoms with Crippen LogP contribution in [0.5, 0.6) is 0 Å². The monoisotopic (exact) mass is 329 g/mol. The number of hydrogen-bond acceptors (Lipinski definition) is 5. The van der Waals surface area contributed by atoms with Crippen molar-refractivity contribution in [2.24, 2.45) is 0 Å². The molecular formula is C16H16FN5O2. The lowest BCUT2D eigenvalue weighted by atomic mass is 10.1. The van der Waals surface area contributed by atoms with E-state index in [1.807, 2.05) is 0 Å². The number of nitrogens with zero attached hydrogens (tertiary/aromatic N) is 5. The molecule has 1 saturated carbocycles. The Morgan fingerprint density at radius 2 is 1.92 bits per heavy atom. The largest absolute Gasteiger partial charge is 0.364 e. The molecule has 7 nitrogen and oxygen atoms in total. The Labute approximate surface area is 136 Å². The number of rotatable bonds is 4. The second-order valence-electron chi connectivity index (χ2n) is 5.99. The lowest BCUT2D eigenvalue weighted by molar-refractivity contribution is 0.417. The van der Waals surface area contributed by atoms with Gasteiger partial charge in [-0.3, -0.25) is 0 Å². The van der Waals surface area contributed by atoms with Gasteiger partial charge in [0.25, 0.3) is 0 Å². The maximum absolute atomic E-state index is 13.0. The summed E-state index contributed by atoms with van der Waals surface area (Å²) in [5.41, 5.74) is 1.06. The summed E-state index contributed by atoms with van der Waals surface area (Å²) in [5.74, 6) is 0.204. The predicted octanol–water partition coefficient (Wildman–Crippen LogP) is 2.40. The molecule has 3 aromatic rings.